The zero-order chi connectivity index (χ0) is 14.9. The minimum atomic E-state index is -1.03. The number of ether oxygens (including phenoxy) is 3. The summed E-state index contributed by atoms with van der Waals surface area (Å²) < 4.78 is 16.0. The molecule has 2 unspecified atom stereocenters. The van der Waals surface area contributed by atoms with E-state index in [1.807, 2.05) is 0 Å². The van der Waals surface area contributed by atoms with E-state index in [2.05, 4.69) is 25.5 Å². The predicted octanol–water partition coefficient (Wildman–Crippen LogP) is 2.41. The van der Waals surface area contributed by atoms with Gasteiger partial charge in [0, 0.05) is 12.3 Å². The zero-order valence-electron chi connectivity index (χ0n) is 12.5. The van der Waals surface area contributed by atoms with Gasteiger partial charge in [-0.25, -0.2) is 9.59 Å². The van der Waals surface area contributed by atoms with Gasteiger partial charge in [-0.05, 0) is 24.7 Å². The van der Waals surface area contributed by atoms with Crippen LogP contribution in [-0.2, 0) is 23.8 Å². The Hall–Kier alpha value is -1.52. The minimum Gasteiger partial charge on any atom is -0.463 e. The summed E-state index contributed by atoms with van der Waals surface area (Å²) in [5.74, 6) is -1.49. The third kappa shape index (κ3) is 2.67. The molecule has 20 heavy (non-hydrogen) atoms. The van der Waals surface area contributed by atoms with E-state index in [0.29, 0.717) is 18.3 Å². The lowest BCUT2D eigenvalue weighted by Crippen LogP contribution is -2.53. The van der Waals surface area contributed by atoms with Gasteiger partial charge in [-0.2, -0.15) is 0 Å². The average molecular weight is 282 g/mol. The van der Waals surface area contributed by atoms with Crippen molar-refractivity contribution in [3.63, 3.8) is 0 Å². The number of hydrogen-bond acceptors (Lipinski definition) is 5. The van der Waals surface area contributed by atoms with Crippen molar-refractivity contribution in [3.8, 4) is 0 Å². The highest BCUT2D eigenvalue weighted by atomic mass is 16.7. The van der Waals surface area contributed by atoms with Crippen LogP contribution in [0.2, 0.25) is 0 Å². The molecule has 1 aliphatic carbocycles. The van der Waals surface area contributed by atoms with Crippen LogP contribution in [0.4, 0.5) is 0 Å². The van der Waals surface area contributed by atoms with Gasteiger partial charge >= 0.3 is 11.9 Å². The van der Waals surface area contributed by atoms with Gasteiger partial charge in [0.2, 0.25) is 5.76 Å². The molecule has 0 bridgehead atoms. The van der Waals surface area contributed by atoms with Gasteiger partial charge in [0.1, 0.15) is 0 Å². The van der Waals surface area contributed by atoms with Crippen molar-refractivity contribution in [2.75, 3.05) is 7.11 Å². The van der Waals surface area contributed by atoms with Gasteiger partial charge in [-0.3, -0.25) is 0 Å². The highest BCUT2D eigenvalue weighted by molar-refractivity contribution is 5.95. The van der Waals surface area contributed by atoms with Crippen molar-refractivity contribution >= 4 is 11.9 Å². The molecule has 0 amide bonds. The number of carbonyl (C=O) groups is 2. The summed E-state index contributed by atoms with van der Waals surface area (Å²) in [6.07, 6.45) is 3.66. The lowest BCUT2D eigenvalue weighted by Gasteiger charge is -2.47. The highest BCUT2D eigenvalue weighted by Crippen LogP contribution is 2.46. The van der Waals surface area contributed by atoms with Crippen LogP contribution in [0, 0.1) is 17.8 Å². The van der Waals surface area contributed by atoms with Gasteiger partial charge < -0.3 is 14.2 Å². The maximum Gasteiger partial charge on any atom is 0.373 e. The first-order valence-corrected chi connectivity index (χ1v) is 7.10. The van der Waals surface area contributed by atoms with Gasteiger partial charge in [0.25, 0.3) is 5.79 Å². The van der Waals surface area contributed by atoms with Crippen molar-refractivity contribution in [2.24, 2.45) is 17.8 Å². The molecule has 1 spiro atoms. The van der Waals surface area contributed by atoms with Crippen molar-refractivity contribution in [1.82, 2.24) is 0 Å². The topological polar surface area (TPSA) is 61.8 Å². The molecule has 1 aliphatic heterocycles. The van der Waals surface area contributed by atoms with E-state index in [0.717, 1.165) is 18.9 Å². The second-order valence-corrected chi connectivity index (χ2v) is 6.07. The SMILES string of the molecule is COC(=O)C1=CC(=O)O[C@@]2(CC(C)CCC2C(C)C)O1. The lowest BCUT2D eigenvalue weighted by atomic mass is 9.72. The average Bonchev–Trinajstić information content (AvgIpc) is 2.36. The molecular formula is C15H22O5. The first kappa shape index (κ1) is 14.9. The second kappa shape index (κ2) is 5.46. The van der Waals surface area contributed by atoms with Gasteiger partial charge in [0.05, 0.1) is 13.2 Å². The number of methoxy groups -OCH3 is 1. The maximum atomic E-state index is 11.9. The van der Waals surface area contributed by atoms with E-state index >= 15 is 0 Å². The standard InChI is InChI=1S/C15H22O5/c1-9(2)11-6-5-10(3)8-15(11)19-12(14(17)18-4)7-13(16)20-15/h7,9-11H,5-6,8H2,1-4H3/t10?,11?,15-/m1/s1. The Morgan fingerprint density at radius 1 is 1.40 bits per heavy atom. The van der Waals surface area contributed by atoms with Crippen LogP contribution < -0.4 is 0 Å². The third-order valence-electron chi connectivity index (χ3n) is 4.16. The largest absolute Gasteiger partial charge is 0.463 e. The quantitative estimate of drug-likeness (QED) is 0.728. The summed E-state index contributed by atoms with van der Waals surface area (Å²) in [6, 6.07) is 0. The fourth-order valence-electron chi connectivity index (χ4n) is 3.24. The smallest absolute Gasteiger partial charge is 0.373 e. The molecule has 0 N–H and O–H groups in total. The first-order valence-electron chi connectivity index (χ1n) is 7.10. The molecule has 0 radical (unpaired) electrons. The van der Waals surface area contributed by atoms with Crippen LogP contribution in [0.3, 0.4) is 0 Å². The van der Waals surface area contributed by atoms with Crippen LogP contribution in [-0.4, -0.2) is 24.8 Å². The summed E-state index contributed by atoms with van der Waals surface area (Å²) in [5, 5.41) is 0. The summed E-state index contributed by atoms with van der Waals surface area (Å²) >= 11 is 0. The molecule has 0 aromatic rings. The van der Waals surface area contributed by atoms with Crippen LogP contribution in [0.25, 0.3) is 0 Å². The van der Waals surface area contributed by atoms with Crippen molar-refractivity contribution in [2.45, 2.75) is 45.8 Å². The molecule has 0 saturated heterocycles. The van der Waals surface area contributed by atoms with E-state index < -0.39 is 17.7 Å². The van der Waals surface area contributed by atoms with Gasteiger partial charge in [-0.15, -0.1) is 0 Å². The van der Waals surface area contributed by atoms with Crippen LogP contribution in [0.5, 0.6) is 0 Å². The summed E-state index contributed by atoms with van der Waals surface area (Å²) in [4.78, 5) is 23.5. The van der Waals surface area contributed by atoms with Crippen LogP contribution >= 0.6 is 0 Å². The first-order chi connectivity index (χ1) is 9.38. The Kier molecular flexibility index (Phi) is 4.06. The summed E-state index contributed by atoms with van der Waals surface area (Å²) in [5.41, 5.74) is 0. The lowest BCUT2D eigenvalue weighted by molar-refractivity contribution is -0.269. The van der Waals surface area contributed by atoms with Crippen LogP contribution in [0.1, 0.15) is 40.0 Å². The second-order valence-electron chi connectivity index (χ2n) is 6.07. The van der Waals surface area contributed by atoms with Crippen molar-refractivity contribution < 1.29 is 23.8 Å². The highest BCUT2D eigenvalue weighted by Gasteiger charge is 2.52. The predicted molar refractivity (Wildman–Crippen MR) is 71.4 cm³/mol. The number of hydrogen-bond donors (Lipinski definition) is 0. The zero-order valence-corrected chi connectivity index (χ0v) is 12.5. The third-order valence-corrected chi connectivity index (χ3v) is 4.16. The Balaban J connectivity index is 2.34. The van der Waals surface area contributed by atoms with E-state index in [4.69, 9.17) is 9.47 Å². The van der Waals surface area contributed by atoms with E-state index in [1.165, 1.54) is 7.11 Å². The Morgan fingerprint density at radius 2 is 2.10 bits per heavy atom. The summed E-state index contributed by atoms with van der Waals surface area (Å²) in [7, 11) is 1.27. The molecule has 2 rings (SSSR count). The summed E-state index contributed by atoms with van der Waals surface area (Å²) in [6.45, 7) is 6.26. The fourth-order valence-corrected chi connectivity index (χ4v) is 3.24. The van der Waals surface area contributed by atoms with E-state index in [1.54, 1.807) is 0 Å². The molecular weight excluding hydrogens is 260 g/mol. The molecule has 2 aliphatic rings. The molecule has 1 saturated carbocycles. The fraction of sp³-hybridized carbons (Fsp3) is 0.733. The molecule has 0 aromatic carbocycles. The number of carbonyl (C=O) groups excluding carboxylic acids is 2. The Bertz CT molecular complexity index is 440. The molecule has 0 aromatic heterocycles. The Morgan fingerprint density at radius 3 is 2.70 bits per heavy atom. The molecule has 5 nitrogen and oxygen atoms in total. The monoisotopic (exact) mass is 282 g/mol. The maximum absolute atomic E-state index is 11.9. The normalized spacial score (nSPS) is 33.5. The van der Waals surface area contributed by atoms with Gasteiger partial charge in [0.15, 0.2) is 0 Å². The molecule has 3 atom stereocenters. The van der Waals surface area contributed by atoms with E-state index in [9.17, 15) is 9.59 Å². The van der Waals surface area contributed by atoms with Gasteiger partial charge in [-0.1, -0.05) is 20.8 Å². The number of esters is 2. The van der Waals surface area contributed by atoms with Crippen LogP contribution in [0.15, 0.2) is 11.8 Å². The van der Waals surface area contributed by atoms with Crippen molar-refractivity contribution in [1.29, 1.82) is 0 Å². The number of rotatable bonds is 2. The molecule has 1 heterocycles. The molecule has 1 fully saturated rings. The van der Waals surface area contributed by atoms with E-state index in [-0.39, 0.29) is 11.7 Å². The van der Waals surface area contributed by atoms with Crippen molar-refractivity contribution in [3.05, 3.63) is 11.8 Å². The molecule has 112 valence electrons. The molecule has 5 heteroatoms. The minimum absolute atomic E-state index is 0.0523. The Labute approximate surface area is 119 Å².